The fourth-order valence-electron chi connectivity index (χ4n) is 4.51. The molecule has 4 heterocycles. The summed E-state index contributed by atoms with van der Waals surface area (Å²) in [5.41, 5.74) is 3.41. The van der Waals surface area contributed by atoms with Crippen LogP contribution in [0, 0.1) is 5.92 Å². The van der Waals surface area contributed by atoms with Crippen LogP contribution in [0.25, 0.3) is 0 Å². The molecule has 0 saturated carbocycles. The van der Waals surface area contributed by atoms with Crippen molar-refractivity contribution in [2.24, 2.45) is 5.92 Å². The number of alkyl halides is 6. The number of ether oxygens (including phenoxy) is 2. The second kappa shape index (κ2) is 10.9. The first-order chi connectivity index (χ1) is 17.4. The molecule has 1 aromatic rings. The highest BCUT2D eigenvalue weighted by atomic mass is 19.4. The van der Waals surface area contributed by atoms with Gasteiger partial charge in [0.15, 0.2) is 5.92 Å². The maximum Gasteiger partial charge on any atom is 0.419 e. The van der Waals surface area contributed by atoms with E-state index in [1.54, 1.807) is 9.80 Å². The van der Waals surface area contributed by atoms with Gasteiger partial charge in [0, 0.05) is 45.1 Å². The second-order valence-electron chi connectivity index (χ2n) is 9.06. The predicted octanol–water partition coefficient (Wildman–Crippen LogP) is 1.28. The number of carbonyl (C=O) groups is 2. The summed E-state index contributed by atoms with van der Waals surface area (Å²) in [6, 6.07) is 0. The van der Waals surface area contributed by atoms with Crippen molar-refractivity contribution in [2.75, 3.05) is 44.2 Å². The van der Waals surface area contributed by atoms with Crippen molar-refractivity contribution in [3.63, 3.8) is 0 Å². The summed E-state index contributed by atoms with van der Waals surface area (Å²) < 4.78 is 88.9. The Balaban J connectivity index is 1.20. The number of nitrogens with zero attached hydrogens (tertiary/aromatic N) is 4. The van der Waals surface area contributed by atoms with Gasteiger partial charge >= 0.3 is 12.4 Å². The van der Waals surface area contributed by atoms with E-state index in [0.717, 1.165) is 12.4 Å². The van der Waals surface area contributed by atoms with Crippen LogP contribution in [-0.2, 0) is 25.2 Å². The van der Waals surface area contributed by atoms with E-state index in [1.165, 1.54) is 0 Å². The van der Waals surface area contributed by atoms with Crippen LogP contribution in [-0.4, -0.2) is 90.5 Å². The van der Waals surface area contributed by atoms with Crippen molar-refractivity contribution in [1.29, 1.82) is 0 Å². The Morgan fingerprint density at radius 2 is 1.70 bits per heavy atom. The first kappa shape index (κ1) is 27.3. The molecule has 37 heavy (non-hydrogen) atoms. The average molecular weight is 540 g/mol. The molecule has 0 aromatic carbocycles. The lowest BCUT2D eigenvalue weighted by Crippen LogP contribution is -2.60. The Kier molecular flexibility index (Phi) is 8.08. The molecule has 1 aromatic heterocycles. The Labute approximate surface area is 207 Å². The van der Waals surface area contributed by atoms with Crippen molar-refractivity contribution >= 4 is 17.8 Å². The zero-order valence-electron chi connectivity index (χ0n) is 19.5. The maximum atomic E-state index is 13.2. The summed E-state index contributed by atoms with van der Waals surface area (Å²) in [6.45, 7) is 1.03. The van der Waals surface area contributed by atoms with E-state index in [2.05, 4.69) is 15.4 Å². The molecule has 3 aliphatic rings. The van der Waals surface area contributed by atoms with Gasteiger partial charge < -0.3 is 19.3 Å². The predicted molar refractivity (Wildman–Crippen MR) is 114 cm³/mol. The molecule has 2 amide bonds. The minimum Gasteiger partial charge on any atom is -0.373 e. The van der Waals surface area contributed by atoms with Crippen LogP contribution in [0.5, 0.6) is 0 Å². The van der Waals surface area contributed by atoms with Crippen LogP contribution >= 0.6 is 0 Å². The second-order valence-corrected chi connectivity index (χ2v) is 9.06. The Morgan fingerprint density at radius 1 is 1.05 bits per heavy atom. The van der Waals surface area contributed by atoms with Crippen molar-refractivity contribution in [1.82, 2.24) is 25.7 Å². The number of hydrogen-bond donors (Lipinski definition) is 2. The summed E-state index contributed by atoms with van der Waals surface area (Å²) in [5, 5.41) is 0. The monoisotopic (exact) mass is 540 g/mol. The van der Waals surface area contributed by atoms with Gasteiger partial charge in [-0.2, -0.15) is 26.3 Å². The number of anilines is 1. The minimum atomic E-state index is -4.75. The molecule has 0 aliphatic carbocycles. The van der Waals surface area contributed by atoms with Gasteiger partial charge in [0.05, 0.1) is 36.9 Å². The third kappa shape index (κ3) is 6.78. The molecule has 3 fully saturated rings. The highest BCUT2D eigenvalue weighted by Gasteiger charge is 2.52. The normalized spacial score (nSPS) is 27.4. The van der Waals surface area contributed by atoms with Gasteiger partial charge in [0.25, 0.3) is 0 Å². The quantitative estimate of drug-likeness (QED) is 0.520. The number of hydrazine groups is 1. The van der Waals surface area contributed by atoms with Crippen LogP contribution < -0.4 is 15.8 Å². The Hall–Kier alpha value is -2.72. The molecular formula is C21H26F6N6O4. The summed E-state index contributed by atoms with van der Waals surface area (Å²) in [4.78, 5) is 35.2. The molecule has 2 unspecified atom stereocenters. The van der Waals surface area contributed by atoms with Crippen LogP contribution in [0.15, 0.2) is 12.4 Å². The number of hydrogen-bond acceptors (Lipinski definition) is 8. The first-order valence-corrected chi connectivity index (χ1v) is 11.7. The number of amides is 2. The molecule has 16 heteroatoms. The molecule has 10 nitrogen and oxygen atoms in total. The third-order valence-electron chi connectivity index (χ3n) is 6.50. The fourth-order valence-corrected chi connectivity index (χ4v) is 4.51. The molecule has 3 saturated heterocycles. The van der Waals surface area contributed by atoms with E-state index >= 15 is 0 Å². The van der Waals surface area contributed by atoms with Gasteiger partial charge in [-0.15, -0.1) is 0 Å². The van der Waals surface area contributed by atoms with Crippen LogP contribution in [0.3, 0.4) is 0 Å². The lowest BCUT2D eigenvalue weighted by molar-refractivity contribution is -0.215. The van der Waals surface area contributed by atoms with E-state index in [-0.39, 0.29) is 31.4 Å². The first-order valence-electron chi connectivity index (χ1n) is 11.7. The molecule has 206 valence electrons. The molecular weight excluding hydrogens is 514 g/mol. The SMILES string of the molecule is O=C1NNCC(OC[C@@H]2CC[C@H](CC(=O)N3CCN(c4ncc(C(F)(F)F)cn4)CC3)O2)C1C(F)(F)F. The van der Waals surface area contributed by atoms with E-state index < -0.39 is 48.1 Å². The average Bonchev–Trinajstić information content (AvgIpc) is 3.28. The fraction of sp³-hybridized carbons (Fsp3) is 0.714. The van der Waals surface area contributed by atoms with E-state index in [1.807, 2.05) is 5.43 Å². The number of piperazine rings is 1. The molecule has 0 bridgehead atoms. The summed E-state index contributed by atoms with van der Waals surface area (Å²) >= 11 is 0. The zero-order valence-corrected chi connectivity index (χ0v) is 19.5. The number of nitrogens with one attached hydrogen (secondary N) is 2. The molecule has 0 radical (unpaired) electrons. The van der Waals surface area contributed by atoms with Gasteiger partial charge in [-0.3, -0.25) is 15.0 Å². The minimum absolute atomic E-state index is 0.0891. The lowest BCUT2D eigenvalue weighted by atomic mass is 9.99. The van der Waals surface area contributed by atoms with Crippen LogP contribution in [0.4, 0.5) is 32.3 Å². The van der Waals surface area contributed by atoms with E-state index in [4.69, 9.17) is 9.47 Å². The number of rotatable bonds is 6. The zero-order chi connectivity index (χ0) is 26.8. The maximum absolute atomic E-state index is 13.2. The Bertz CT molecular complexity index is 954. The molecule has 0 spiro atoms. The highest BCUT2D eigenvalue weighted by molar-refractivity contribution is 5.80. The van der Waals surface area contributed by atoms with Gasteiger partial charge in [0.2, 0.25) is 17.8 Å². The topological polar surface area (TPSA) is 109 Å². The Morgan fingerprint density at radius 3 is 2.32 bits per heavy atom. The lowest BCUT2D eigenvalue weighted by Gasteiger charge is -2.35. The molecule has 4 atom stereocenters. The van der Waals surface area contributed by atoms with Crippen molar-refractivity contribution in [3.05, 3.63) is 18.0 Å². The smallest absolute Gasteiger partial charge is 0.373 e. The standard InChI is InChI=1S/C21H26F6N6O4/c22-20(23,24)12-8-28-19(29-9-12)33-5-3-32(4-6-33)16(34)7-13-1-2-14(37-13)11-36-15-10-30-31-18(35)17(15)21(25,26)27/h8-9,13-15,17,30H,1-7,10-11H2,(H,31,35)/t13-,14+,15?,17?/m1/s1. The van der Waals surface area contributed by atoms with Gasteiger partial charge in [-0.05, 0) is 12.8 Å². The largest absolute Gasteiger partial charge is 0.419 e. The van der Waals surface area contributed by atoms with Crippen molar-refractivity contribution in [2.45, 2.75) is 49.9 Å². The molecule has 3 aliphatic heterocycles. The number of aromatic nitrogens is 2. The summed E-state index contributed by atoms with van der Waals surface area (Å²) in [7, 11) is 0. The summed E-state index contributed by atoms with van der Waals surface area (Å²) in [6.07, 6.45) is -8.99. The molecule has 4 rings (SSSR count). The van der Waals surface area contributed by atoms with Crippen molar-refractivity contribution in [3.8, 4) is 0 Å². The highest BCUT2D eigenvalue weighted by Crippen LogP contribution is 2.32. The van der Waals surface area contributed by atoms with Crippen molar-refractivity contribution < 1.29 is 45.4 Å². The van der Waals surface area contributed by atoms with Crippen LogP contribution in [0.2, 0.25) is 0 Å². The van der Waals surface area contributed by atoms with E-state index in [9.17, 15) is 35.9 Å². The van der Waals surface area contributed by atoms with Gasteiger partial charge in [-0.1, -0.05) is 0 Å². The van der Waals surface area contributed by atoms with Crippen LogP contribution in [0.1, 0.15) is 24.8 Å². The number of carbonyl (C=O) groups excluding carboxylic acids is 2. The van der Waals surface area contributed by atoms with Gasteiger partial charge in [0.1, 0.15) is 0 Å². The number of halogens is 6. The van der Waals surface area contributed by atoms with Gasteiger partial charge in [-0.25, -0.2) is 15.4 Å². The molecule has 2 N–H and O–H groups in total. The third-order valence-corrected chi connectivity index (χ3v) is 6.50. The van der Waals surface area contributed by atoms with E-state index in [0.29, 0.717) is 39.0 Å². The summed E-state index contributed by atoms with van der Waals surface area (Å²) in [5.74, 6) is -3.49.